The molecule has 1 aromatic heterocycles. The van der Waals surface area contributed by atoms with Gasteiger partial charge >= 0.3 is 0 Å². The maximum absolute atomic E-state index is 4.31. The van der Waals surface area contributed by atoms with E-state index in [2.05, 4.69) is 30.1 Å². The van der Waals surface area contributed by atoms with Crippen molar-refractivity contribution in [2.24, 2.45) is 0 Å². The Morgan fingerprint density at radius 3 is 3.15 bits per heavy atom. The Kier molecular flexibility index (Phi) is 2.60. The molecule has 0 radical (unpaired) electrons. The maximum atomic E-state index is 4.31. The van der Waals surface area contributed by atoms with Crippen LogP contribution in [0, 0.1) is 0 Å². The summed E-state index contributed by atoms with van der Waals surface area (Å²) in [5.74, 6) is 0. The number of benzene rings is 1. The minimum atomic E-state index is 1.15. The Morgan fingerprint density at radius 2 is 2.31 bits per heavy atom. The summed E-state index contributed by atoms with van der Waals surface area (Å²) in [6, 6.07) is 6.61. The molecule has 0 saturated carbocycles. The van der Waals surface area contributed by atoms with E-state index in [-0.39, 0.29) is 0 Å². The molecule has 0 atom stereocenters. The smallest absolute Gasteiger partial charge is 0.0814 e. The van der Waals surface area contributed by atoms with Crippen LogP contribution in [0.3, 0.4) is 0 Å². The standard InChI is InChI=1S/C11H13NS/c1-2-3-4-9-5-6-11-10(7-9)12-8-13-11/h5-8H,2-4H2,1H3. The molecule has 0 amide bonds. The van der Waals surface area contributed by atoms with Crippen LogP contribution in [-0.2, 0) is 6.42 Å². The van der Waals surface area contributed by atoms with Crippen molar-refractivity contribution in [2.75, 3.05) is 0 Å². The van der Waals surface area contributed by atoms with Gasteiger partial charge in [0.15, 0.2) is 0 Å². The zero-order valence-corrected chi connectivity index (χ0v) is 8.60. The molecule has 2 rings (SSSR count). The van der Waals surface area contributed by atoms with E-state index in [1.165, 1.54) is 29.5 Å². The van der Waals surface area contributed by atoms with Gasteiger partial charge in [0.1, 0.15) is 0 Å². The Balaban J connectivity index is 2.26. The third-order valence-electron chi connectivity index (χ3n) is 2.21. The number of aromatic nitrogens is 1. The van der Waals surface area contributed by atoms with Crippen LogP contribution in [0.25, 0.3) is 10.2 Å². The van der Waals surface area contributed by atoms with E-state index >= 15 is 0 Å². The highest BCUT2D eigenvalue weighted by molar-refractivity contribution is 7.16. The molecule has 1 nitrogen and oxygen atoms in total. The van der Waals surface area contributed by atoms with Crippen LogP contribution >= 0.6 is 11.3 Å². The first-order valence-corrected chi connectivity index (χ1v) is 5.60. The van der Waals surface area contributed by atoms with Gasteiger partial charge in [-0.3, -0.25) is 0 Å². The van der Waals surface area contributed by atoms with Gasteiger partial charge in [0.25, 0.3) is 0 Å². The predicted molar refractivity (Wildman–Crippen MR) is 58.2 cm³/mol. The first kappa shape index (κ1) is 8.70. The van der Waals surface area contributed by atoms with E-state index in [4.69, 9.17) is 0 Å². The number of hydrogen-bond donors (Lipinski definition) is 0. The summed E-state index contributed by atoms with van der Waals surface area (Å²) in [7, 11) is 0. The molecule has 0 saturated heterocycles. The predicted octanol–water partition coefficient (Wildman–Crippen LogP) is 3.64. The monoisotopic (exact) mass is 191 g/mol. The minimum Gasteiger partial charge on any atom is -0.245 e. The van der Waals surface area contributed by atoms with Crippen molar-refractivity contribution in [3.63, 3.8) is 0 Å². The average Bonchev–Trinajstić information content (AvgIpc) is 2.61. The summed E-state index contributed by atoms with van der Waals surface area (Å²) in [6.07, 6.45) is 3.72. The molecule has 2 aromatic rings. The number of rotatable bonds is 3. The van der Waals surface area contributed by atoms with Crippen molar-refractivity contribution < 1.29 is 0 Å². The van der Waals surface area contributed by atoms with E-state index in [9.17, 15) is 0 Å². The Bertz CT molecular complexity index is 392. The lowest BCUT2D eigenvalue weighted by Gasteiger charge is -1.98. The highest BCUT2D eigenvalue weighted by atomic mass is 32.1. The van der Waals surface area contributed by atoms with Crippen LogP contribution in [0.4, 0.5) is 0 Å². The summed E-state index contributed by atoms with van der Waals surface area (Å²) in [6.45, 7) is 2.22. The van der Waals surface area contributed by atoms with E-state index in [1.807, 2.05) is 5.51 Å². The minimum absolute atomic E-state index is 1.15. The molecule has 0 spiro atoms. The van der Waals surface area contributed by atoms with Crippen LogP contribution in [0.2, 0.25) is 0 Å². The SMILES string of the molecule is CCCCc1ccc2scnc2c1. The number of unbranched alkanes of at least 4 members (excludes halogenated alkanes) is 1. The molecular weight excluding hydrogens is 178 g/mol. The maximum Gasteiger partial charge on any atom is 0.0814 e. The summed E-state index contributed by atoms with van der Waals surface area (Å²) in [4.78, 5) is 4.31. The van der Waals surface area contributed by atoms with Crippen molar-refractivity contribution in [2.45, 2.75) is 26.2 Å². The number of aryl methyl sites for hydroxylation is 1. The van der Waals surface area contributed by atoms with Crippen LogP contribution in [0.15, 0.2) is 23.7 Å². The second kappa shape index (κ2) is 3.88. The molecule has 0 bridgehead atoms. The molecule has 0 aliphatic carbocycles. The topological polar surface area (TPSA) is 12.9 Å². The molecule has 2 heteroatoms. The first-order valence-electron chi connectivity index (χ1n) is 4.72. The third kappa shape index (κ3) is 1.89. The zero-order valence-electron chi connectivity index (χ0n) is 7.79. The van der Waals surface area contributed by atoms with Crippen LogP contribution in [-0.4, -0.2) is 4.98 Å². The fraction of sp³-hybridized carbons (Fsp3) is 0.364. The summed E-state index contributed by atoms with van der Waals surface area (Å²) in [5.41, 5.74) is 4.48. The van der Waals surface area contributed by atoms with Crippen LogP contribution < -0.4 is 0 Å². The fourth-order valence-corrected chi connectivity index (χ4v) is 2.10. The second-order valence-corrected chi connectivity index (χ2v) is 4.14. The average molecular weight is 191 g/mol. The quantitative estimate of drug-likeness (QED) is 0.721. The lowest BCUT2D eigenvalue weighted by Crippen LogP contribution is -1.83. The molecule has 13 heavy (non-hydrogen) atoms. The third-order valence-corrected chi connectivity index (χ3v) is 3.02. The van der Waals surface area contributed by atoms with E-state index in [0.717, 1.165) is 5.52 Å². The van der Waals surface area contributed by atoms with Gasteiger partial charge in [-0.1, -0.05) is 19.4 Å². The fourth-order valence-electron chi connectivity index (χ4n) is 1.44. The van der Waals surface area contributed by atoms with Crippen molar-refractivity contribution in [1.82, 2.24) is 4.98 Å². The summed E-state index contributed by atoms with van der Waals surface area (Å²) >= 11 is 1.71. The van der Waals surface area contributed by atoms with Gasteiger partial charge in [0, 0.05) is 0 Å². The van der Waals surface area contributed by atoms with Crippen molar-refractivity contribution in [3.8, 4) is 0 Å². The largest absolute Gasteiger partial charge is 0.245 e. The van der Waals surface area contributed by atoms with Crippen molar-refractivity contribution in [1.29, 1.82) is 0 Å². The van der Waals surface area contributed by atoms with Gasteiger partial charge in [-0.05, 0) is 30.5 Å². The lowest BCUT2D eigenvalue weighted by atomic mass is 10.1. The Morgan fingerprint density at radius 1 is 1.38 bits per heavy atom. The van der Waals surface area contributed by atoms with Crippen molar-refractivity contribution >= 4 is 21.6 Å². The van der Waals surface area contributed by atoms with Crippen LogP contribution in [0.1, 0.15) is 25.3 Å². The van der Waals surface area contributed by atoms with Crippen molar-refractivity contribution in [3.05, 3.63) is 29.3 Å². The van der Waals surface area contributed by atoms with E-state index in [1.54, 1.807) is 11.3 Å². The molecule has 1 heterocycles. The van der Waals surface area contributed by atoms with E-state index in [0.29, 0.717) is 0 Å². The number of hydrogen-bond acceptors (Lipinski definition) is 2. The summed E-state index contributed by atoms with van der Waals surface area (Å²) < 4.78 is 1.29. The van der Waals surface area contributed by atoms with Gasteiger partial charge in [-0.15, -0.1) is 11.3 Å². The molecular formula is C11H13NS. The molecule has 1 aromatic carbocycles. The highest BCUT2D eigenvalue weighted by Crippen LogP contribution is 2.19. The number of nitrogens with zero attached hydrogens (tertiary/aromatic N) is 1. The van der Waals surface area contributed by atoms with Gasteiger partial charge in [0.05, 0.1) is 15.7 Å². The number of fused-ring (bicyclic) bond motifs is 1. The normalized spacial score (nSPS) is 10.8. The highest BCUT2D eigenvalue weighted by Gasteiger charge is 1.97. The van der Waals surface area contributed by atoms with Gasteiger partial charge < -0.3 is 0 Å². The Labute approximate surface area is 82.4 Å². The molecule has 0 aliphatic heterocycles. The zero-order chi connectivity index (χ0) is 9.10. The number of thiazole rings is 1. The molecule has 0 N–H and O–H groups in total. The first-order chi connectivity index (χ1) is 6.40. The molecule has 68 valence electrons. The summed E-state index contributed by atoms with van der Waals surface area (Å²) in [5, 5.41) is 0. The lowest BCUT2D eigenvalue weighted by molar-refractivity contribution is 0.796. The van der Waals surface area contributed by atoms with Gasteiger partial charge in [-0.25, -0.2) is 4.98 Å². The van der Waals surface area contributed by atoms with Crippen LogP contribution in [0.5, 0.6) is 0 Å². The van der Waals surface area contributed by atoms with E-state index < -0.39 is 0 Å². The molecule has 0 unspecified atom stereocenters. The van der Waals surface area contributed by atoms with Gasteiger partial charge in [-0.2, -0.15) is 0 Å². The molecule has 0 aliphatic rings. The van der Waals surface area contributed by atoms with Gasteiger partial charge in [0.2, 0.25) is 0 Å². The molecule has 0 fully saturated rings. The Hall–Kier alpha value is -0.890. The second-order valence-electron chi connectivity index (χ2n) is 3.26.